The Kier molecular flexibility index (Phi) is 4.28. The Hall–Kier alpha value is -0.680. The van der Waals surface area contributed by atoms with E-state index in [1.165, 1.54) is 0 Å². The second kappa shape index (κ2) is 5.26. The maximum absolute atomic E-state index is 12.1. The number of likely N-dealkylation sites (tertiary alicyclic amines) is 1. The molecule has 2 atom stereocenters. The van der Waals surface area contributed by atoms with Crippen LogP contribution in [-0.2, 0) is 4.79 Å². The summed E-state index contributed by atoms with van der Waals surface area (Å²) in [5.74, 6) is -0.992. The highest BCUT2D eigenvalue weighted by Crippen LogP contribution is 2.20. The number of hydrogen-bond acceptors (Lipinski definition) is 3. The molecule has 5 heteroatoms. The summed E-state index contributed by atoms with van der Waals surface area (Å²) in [6, 6.07) is 0. The first-order valence-electron chi connectivity index (χ1n) is 4.81. The van der Waals surface area contributed by atoms with E-state index in [1.54, 1.807) is 4.90 Å². The van der Waals surface area contributed by atoms with E-state index in [0.29, 0.717) is 25.9 Å². The van der Waals surface area contributed by atoms with Crippen LogP contribution >= 0.6 is 0 Å². The van der Waals surface area contributed by atoms with Crippen LogP contribution in [0.3, 0.4) is 0 Å². The minimum atomic E-state index is -0.875. The first kappa shape index (κ1) is 11.4. The molecule has 82 valence electrons. The number of carboxylic acids is 1. The number of nitrogens with zero attached hydrogens (tertiary/aromatic N) is 1. The fourth-order valence-electron chi connectivity index (χ4n) is 1.85. The number of hydrogen-bond donors (Lipinski definition) is 2. The van der Waals surface area contributed by atoms with Crippen LogP contribution in [0.1, 0.15) is 12.8 Å². The molecule has 1 aliphatic rings. The van der Waals surface area contributed by atoms with Crippen molar-refractivity contribution in [1.82, 2.24) is 4.90 Å². The molecule has 0 aromatic carbocycles. The third-order valence-corrected chi connectivity index (χ3v) is 2.62. The van der Waals surface area contributed by atoms with Gasteiger partial charge in [-0.1, -0.05) is 0 Å². The SMILES string of the molecule is O=C(O)CN1CC[C@H](O)[C@@H](CCF)C1. The summed E-state index contributed by atoms with van der Waals surface area (Å²) < 4.78 is 12.1. The molecule has 0 spiro atoms. The molecule has 4 nitrogen and oxygen atoms in total. The van der Waals surface area contributed by atoms with Crippen molar-refractivity contribution in [1.29, 1.82) is 0 Å². The van der Waals surface area contributed by atoms with Crippen molar-refractivity contribution in [3.63, 3.8) is 0 Å². The predicted octanol–water partition coefficient (Wildman–Crippen LogP) is 0.113. The lowest BCUT2D eigenvalue weighted by molar-refractivity contribution is -0.139. The zero-order valence-electron chi connectivity index (χ0n) is 8.03. The summed E-state index contributed by atoms with van der Waals surface area (Å²) in [6.45, 7) is 0.589. The summed E-state index contributed by atoms with van der Waals surface area (Å²) in [5.41, 5.74) is 0. The Labute approximate surface area is 82.3 Å². The van der Waals surface area contributed by atoms with E-state index in [1.807, 2.05) is 0 Å². The van der Waals surface area contributed by atoms with Gasteiger partial charge in [0.1, 0.15) is 0 Å². The molecular formula is C9H16FNO3. The maximum Gasteiger partial charge on any atom is 0.317 e. The van der Waals surface area contributed by atoms with Crippen LogP contribution in [0.25, 0.3) is 0 Å². The number of alkyl halides is 1. The first-order valence-corrected chi connectivity index (χ1v) is 4.81. The van der Waals surface area contributed by atoms with Crippen LogP contribution in [-0.4, -0.2) is 53.5 Å². The molecule has 0 aromatic heterocycles. The van der Waals surface area contributed by atoms with Crippen molar-refractivity contribution in [3.8, 4) is 0 Å². The Morgan fingerprint density at radius 3 is 2.86 bits per heavy atom. The van der Waals surface area contributed by atoms with Crippen molar-refractivity contribution in [2.24, 2.45) is 5.92 Å². The first-order chi connectivity index (χ1) is 6.63. The quantitative estimate of drug-likeness (QED) is 0.684. The monoisotopic (exact) mass is 205 g/mol. The third-order valence-electron chi connectivity index (χ3n) is 2.62. The van der Waals surface area contributed by atoms with Gasteiger partial charge in [-0.3, -0.25) is 14.1 Å². The lowest BCUT2D eigenvalue weighted by atomic mass is 9.92. The van der Waals surface area contributed by atoms with Gasteiger partial charge in [-0.25, -0.2) is 0 Å². The van der Waals surface area contributed by atoms with Gasteiger partial charge < -0.3 is 10.2 Å². The van der Waals surface area contributed by atoms with Gasteiger partial charge in [0.2, 0.25) is 0 Å². The van der Waals surface area contributed by atoms with E-state index in [9.17, 15) is 14.3 Å². The average Bonchev–Trinajstić information content (AvgIpc) is 2.10. The van der Waals surface area contributed by atoms with Gasteiger partial charge in [-0.15, -0.1) is 0 Å². The molecule has 0 aromatic rings. The summed E-state index contributed by atoms with van der Waals surface area (Å²) in [6.07, 6.45) is 0.380. The van der Waals surface area contributed by atoms with Crippen molar-refractivity contribution < 1.29 is 19.4 Å². The van der Waals surface area contributed by atoms with Crippen LogP contribution in [0, 0.1) is 5.92 Å². The van der Waals surface area contributed by atoms with Gasteiger partial charge >= 0.3 is 5.97 Å². The minimum Gasteiger partial charge on any atom is -0.480 e. The van der Waals surface area contributed by atoms with E-state index in [2.05, 4.69) is 0 Å². The van der Waals surface area contributed by atoms with Crippen LogP contribution in [0.5, 0.6) is 0 Å². The molecule has 0 unspecified atom stereocenters. The van der Waals surface area contributed by atoms with Gasteiger partial charge in [0, 0.05) is 19.0 Å². The highest BCUT2D eigenvalue weighted by molar-refractivity contribution is 5.69. The third kappa shape index (κ3) is 3.23. The molecular weight excluding hydrogens is 189 g/mol. The molecule has 2 N–H and O–H groups in total. The smallest absolute Gasteiger partial charge is 0.317 e. The maximum atomic E-state index is 12.1. The number of carboxylic acid groups (broad SMARTS) is 1. The van der Waals surface area contributed by atoms with Crippen molar-refractivity contribution in [3.05, 3.63) is 0 Å². The number of aliphatic carboxylic acids is 1. The molecule has 0 saturated carbocycles. The molecule has 0 bridgehead atoms. The normalized spacial score (nSPS) is 29.0. The van der Waals surface area contributed by atoms with Crippen molar-refractivity contribution >= 4 is 5.97 Å². The topological polar surface area (TPSA) is 60.8 Å². The largest absolute Gasteiger partial charge is 0.480 e. The molecule has 1 rings (SSSR count). The Balaban J connectivity index is 2.40. The number of halogens is 1. The second-order valence-corrected chi connectivity index (χ2v) is 3.72. The summed E-state index contributed by atoms with van der Waals surface area (Å²) in [4.78, 5) is 12.2. The van der Waals surface area contributed by atoms with Crippen molar-refractivity contribution in [2.45, 2.75) is 18.9 Å². The standard InChI is InChI=1S/C9H16FNO3/c10-3-1-7-5-11(6-9(13)14)4-2-8(7)12/h7-8,12H,1-6H2,(H,13,14)/t7-,8-/m0/s1. The van der Waals surface area contributed by atoms with E-state index < -0.39 is 18.7 Å². The molecule has 1 fully saturated rings. The van der Waals surface area contributed by atoms with Crippen LogP contribution in [0.4, 0.5) is 4.39 Å². The fourth-order valence-corrected chi connectivity index (χ4v) is 1.85. The van der Waals surface area contributed by atoms with E-state index in [-0.39, 0.29) is 12.5 Å². The predicted molar refractivity (Wildman–Crippen MR) is 48.8 cm³/mol. The average molecular weight is 205 g/mol. The zero-order chi connectivity index (χ0) is 10.6. The summed E-state index contributed by atoms with van der Waals surface area (Å²) in [7, 11) is 0. The molecule has 1 aliphatic heterocycles. The second-order valence-electron chi connectivity index (χ2n) is 3.72. The molecule has 0 amide bonds. The van der Waals surface area contributed by atoms with Gasteiger partial charge in [0.05, 0.1) is 19.3 Å². The van der Waals surface area contributed by atoms with Gasteiger partial charge in [0.15, 0.2) is 0 Å². The highest BCUT2D eigenvalue weighted by atomic mass is 19.1. The van der Waals surface area contributed by atoms with Gasteiger partial charge in [-0.05, 0) is 12.8 Å². The number of aliphatic hydroxyl groups excluding tert-OH is 1. The lowest BCUT2D eigenvalue weighted by Crippen LogP contribution is -2.45. The molecule has 0 radical (unpaired) electrons. The van der Waals surface area contributed by atoms with E-state index in [0.717, 1.165) is 0 Å². The fraction of sp³-hybridized carbons (Fsp3) is 0.889. The zero-order valence-corrected chi connectivity index (χ0v) is 8.03. The minimum absolute atomic E-state index is 0.0183. The number of piperidine rings is 1. The number of carbonyl (C=O) groups is 1. The lowest BCUT2D eigenvalue weighted by Gasteiger charge is -2.34. The van der Waals surface area contributed by atoms with Crippen molar-refractivity contribution in [2.75, 3.05) is 26.3 Å². The van der Waals surface area contributed by atoms with E-state index >= 15 is 0 Å². The highest BCUT2D eigenvalue weighted by Gasteiger charge is 2.28. The molecule has 1 saturated heterocycles. The summed E-state index contributed by atoms with van der Waals surface area (Å²) >= 11 is 0. The van der Waals surface area contributed by atoms with E-state index in [4.69, 9.17) is 5.11 Å². The number of aliphatic hydroxyl groups is 1. The van der Waals surface area contributed by atoms with Crippen LogP contribution in [0.15, 0.2) is 0 Å². The number of rotatable bonds is 4. The van der Waals surface area contributed by atoms with Gasteiger partial charge in [0.25, 0.3) is 0 Å². The summed E-state index contributed by atoms with van der Waals surface area (Å²) in [5, 5.41) is 18.1. The molecule has 0 aliphatic carbocycles. The molecule has 14 heavy (non-hydrogen) atoms. The van der Waals surface area contributed by atoms with Crippen LogP contribution in [0.2, 0.25) is 0 Å². The molecule has 1 heterocycles. The Morgan fingerprint density at radius 2 is 2.29 bits per heavy atom. The van der Waals surface area contributed by atoms with Gasteiger partial charge in [-0.2, -0.15) is 0 Å². The Bertz CT molecular complexity index is 200. The van der Waals surface area contributed by atoms with Crippen LogP contribution < -0.4 is 0 Å². The Morgan fingerprint density at radius 1 is 1.57 bits per heavy atom.